The number of likely N-dealkylation sites (tertiary alicyclic amines) is 1. The number of hydrogen-bond acceptors (Lipinski definition) is 2. The summed E-state index contributed by atoms with van der Waals surface area (Å²) in [5, 5.41) is 0. The summed E-state index contributed by atoms with van der Waals surface area (Å²) in [7, 11) is 0. The third-order valence-electron chi connectivity index (χ3n) is 5.53. The third-order valence-corrected chi connectivity index (χ3v) is 5.53. The lowest BCUT2D eigenvalue weighted by Crippen LogP contribution is -2.47. The number of carbonyl (C=O) groups is 2. The molecule has 0 aromatic heterocycles. The van der Waals surface area contributed by atoms with E-state index in [1.807, 2.05) is 0 Å². The fourth-order valence-corrected chi connectivity index (χ4v) is 3.75. The van der Waals surface area contributed by atoms with Crippen molar-refractivity contribution in [1.29, 1.82) is 0 Å². The Morgan fingerprint density at radius 1 is 1.27 bits per heavy atom. The molecule has 142 valence electrons. The number of amides is 2. The van der Waals surface area contributed by atoms with E-state index in [1.165, 1.54) is 12.1 Å². The highest BCUT2D eigenvalue weighted by atomic mass is 19.4. The van der Waals surface area contributed by atoms with Crippen LogP contribution in [0, 0.1) is 11.3 Å². The predicted molar refractivity (Wildman–Crippen MR) is 89.9 cm³/mol. The van der Waals surface area contributed by atoms with E-state index in [4.69, 9.17) is 5.73 Å². The van der Waals surface area contributed by atoms with Crippen molar-refractivity contribution in [3.63, 3.8) is 0 Å². The average molecular weight is 368 g/mol. The van der Waals surface area contributed by atoms with Gasteiger partial charge in [0.2, 0.25) is 11.8 Å². The highest BCUT2D eigenvalue weighted by Crippen LogP contribution is 2.47. The first-order valence-electron chi connectivity index (χ1n) is 8.98. The van der Waals surface area contributed by atoms with Gasteiger partial charge in [0.25, 0.3) is 0 Å². The Hall–Kier alpha value is -2.05. The third kappa shape index (κ3) is 3.86. The first kappa shape index (κ1) is 18.7. The van der Waals surface area contributed by atoms with Crippen LogP contribution in [0.15, 0.2) is 24.3 Å². The molecule has 0 spiro atoms. The fraction of sp³-hybridized carbons (Fsp3) is 0.579. The van der Waals surface area contributed by atoms with E-state index in [9.17, 15) is 22.8 Å². The number of halogens is 3. The van der Waals surface area contributed by atoms with Gasteiger partial charge in [0.05, 0.1) is 5.56 Å². The maximum Gasteiger partial charge on any atom is 0.416 e. The van der Waals surface area contributed by atoms with E-state index in [0.29, 0.717) is 44.3 Å². The Bertz CT molecular complexity index is 698. The van der Waals surface area contributed by atoms with Crippen LogP contribution in [0.25, 0.3) is 0 Å². The van der Waals surface area contributed by atoms with Gasteiger partial charge in [0.15, 0.2) is 0 Å². The van der Waals surface area contributed by atoms with Gasteiger partial charge in [-0.15, -0.1) is 0 Å². The Morgan fingerprint density at radius 2 is 2.00 bits per heavy atom. The van der Waals surface area contributed by atoms with Gasteiger partial charge >= 0.3 is 6.18 Å². The molecular formula is C19H23F3N2O2. The van der Waals surface area contributed by atoms with Crippen LogP contribution >= 0.6 is 0 Å². The summed E-state index contributed by atoms with van der Waals surface area (Å²) in [4.78, 5) is 25.9. The lowest BCUT2D eigenvalue weighted by molar-refractivity contribution is -0.144. The number of nitrogens with two attached hydrogens (primary N) is 1. The van der Waals surface area contributed by atoms with Crippen molar-refractivity contribution in [1.82, 2.24) is 4.90 Å². The van der Waals surface area contributed by atoms with Crippen LogP contribution in [-0.2, 0) is 22.2 Å². The molecule has 0 bridgehead atoms. The molecule has 2 amide bonds. The van der Waals surface area contributed by atoms with Crippen LogP contribution in [0.4, 0.5) is 13.2 Å². The quantitative estimate of drug-likeness (QED) is 0.812. The number of nitrogens with zero attached hydrogens (tertiary/aromatic N) is 1. The molecule has 1 atom stereocenters. The minimum absolute atomic E-state index is 0.172. The van der Waals surface area contributed by atoms with E-state index in [2.05, 4.69) is 0 Å². The van der Waals surface area contributed by atoms with Crippen molar-refractivity contribution in [2.24, 2.45) is 17.1 Å². The highest BCUT2D eigenvalue weighted by Gasteiger charge is 2.57. The van der Waals surface area contributed by atoms with Gasteiger partial charge in [0.1, 0.15) is 5.41 Å². The molecule has 1 aromatic carbocycles. The Balaban J connectivity index is 1.58. The van der Waals surface area contributed by atoms with Crippen LogP contribution in [0.2, 0.25) is 0 Å². The summed E-state index contributed by atoms with van der Waals surface area (Å²) >= 11 is 0. The molecular weight excluding hydrogens is 345 g/mol. The van der Waals surface area contributed by atoms with Crippen molar-refractivity contribution in [2.45, 2.75) is 44.7 Å². The standard InChI is InChI=1S/C19H23F3N2O2/c20-19(21,22)15-5-1-3-13(11-15)6-7-14-4-2-10-24(12-14)17(26)18(8-9-18)16(23)25/h1,3,5,11,14H,2,4,6-10,12H2,(H2,23,25). The van der Waals surface area contributed by atoms with E-state index >= 15 is 0 Å². The lowest BCUT2D eigenvalue weighted by atomic mass is 9.90. The summed E-state index contributed by atoms with van der Waals surface area (Å²) < 4.78 is 38.4. The summed E-state index contributed by atoms with van der Waals surface area (Å²) in [5.74, 6) is -0.492. The average Bonchev–Trinajstić information content (AvgIpc) is 3.41. The molecule has 2 fully saturated rings. The summed E-state index contributed by atoms with van der Waals surface area (Å²) in [5.41, 5.74) is 4.40. The topological polar surface area (TPSA) is 63.4 Å². The molecule has 2 N–H and O–H groups in total. The second-order valence-electron chi connectivity index (χ2n) is 7.44. The lowest BCUT2D eigenvalue weighted by Gasteiger charge is -2.34. The number of piperidine rings is 1. The molecule has 1 heterocycles. The summed E-state index contributed by atoms with van der Waals surface area (Å²) in [6.45, 7) is 1.17. The zero-order valence-corrected chi connectivity index (χ0v) is 14.5. The zero-order chi connectivity index (χ0) is 18.9. The van der Waals surface area contributed by atoms with Crippen LogP contribution < -0.4 is 5.73 Å². The predicted octanol–water partition coefficient (Wildman–Crippen LogP) is 3.14. The van der Waals surface area contributed by atoms with Gasteiger partial charge in [-0.05, 0) is 56.1 Å². The molecule has 1 aliphatic heterocycles. The Labute approximate surface area is 150 Å². The minimum Gasteiger partial charge on any atom is -0.369 e. The number of benzene rings is 1. The van der Waals surface area contributed by atoms with Crippen LogP contribution in [-0.4, -0.2) is 29.8 Å². The van der Waals surface area contributed by atoms with Gasteiger partial charge < -0.3 is 10.6 Å². The van der Waals surface area contributed by atoms with E-state index in [-0.39, 0.29) is 11.8 Å². The monoisotopic (exact) mass is 368 g/mol. The molecule has 3 rings (SSSR count). The second-order valence-corrected chi connectivity index (χ2v) is 7.44. The number of aryl methyl sites for hydroxylation is 1. The zero-order valence-electron chi connectivity index (χ0n) is 14.5. The van der Waals surface area contributed by atoms with Gasteiger partial charge in [-0.1, -0.05) is 18.2 Å². The van der Waals surface area contributed by atoms with E-state index in [1.54, 1.807) is 11.0 Å². The molecule has 7 heteroatoms. The number of hydrogen-bond donors (Lipinski definition) is 1. The molecule has 1 saturated carbocycles. The van der Waals surface area contributed by atoms with Gasteiger partial charge in [-0.2, -0.15) is 13.2 Å². The summed E-state index contributed by atoms with van der Waals surface area (Å²) in [6, 6.07) is 5.40. The first-order valence-corrected chi connectivity index (χ1v) is 8.98. The van der Waals surface area contributed by atoms with Crippen molar-refractivity contribution in [3.8, 4) is 0 Å². The molecule has 4 nitrogen and oxygen atoms in total. The highest BCUT2D eigenvalue weighted by molar-refractivity contribution is 6.07. The second kappa shape index (κ2) is 6.93. The van der Waals surface area contributed by atoms with Gasteiger partial charge in [-0.25, -0.2) is 0 Å². The van der Waals surface area contributed by atoms with Gasteiger partial charge in [0, 0.05) is 13.1 Å². The van der Waals surface area contributed by atoms with Crippen molar-refractivity contribution >= 4 is 11.8 Å². The molecule has 1 aliphatic carbocycles. The fourth-order valence-electron chi connectivity index (χ4n) is 3.75. The van der Waals surface area contributed by atoms with E-state index < -0.39 is 23.1 Å². The smallest absolute Gasteiger partial charge is 0.369 e. The number of alkyl halides is 3. The number of carbonyl (C=O) groups excluding carboxylic acids is 2. The molecule has 1 aromatic rings. The normalized spacial score (nSPS) is 22.1. The van der Waals surface area contributed by atoms with Crippen LogP contribution in [0.5, 0.6) is 0 Å². The maximum atomic E-state index is 12.8. The molecule has 0 radical (unpaired) electrons. The molecule has 2 aliphatic rings. The Kier molecular flexibility index (Phi) is 4.99. The van der Waals surface area contributed by atoms with Crippen molar-refractivity contribution < 1.29 is 22.8 Å². The molecule has 26 heavy (non-hydrogen) atoms. The Morgan fingerprint density at radius 3 is 2.62 bits per heavy atom. The summed E-state index contributed by atoms with van der Waals surface area (Å²) in [6.07, 6.45) is -0.261. The van der Waals surface area contributed by atoms with Gasteiger partial charge in [-0.3, -0.25) is 9.59 Å². The number of rotatable bonds is 5. The largest absolute Gasteiger partial charge is 0.416 e. The van der Waals surface area contributed by atoms with Crippen LogP contribution in [0.3, 0.4) is 0 Å². The van der Waals surface area contributed by atoms with E-state index in [0.717, 1.165) is 18.9 Å². The van der Waals surface area contributed by atoms with Crippen molar-refractivity contribution in [3.05, 3.63) is 35.4 Å². The SMILES string of the molecule is NC(=O)C1(C(=O)N2CCCC(CCc3cccc(C(F)(F)F)c3)C2)CC1. The number of primary amides is 1. The molecule has 1 saturated heterocycles. The maximum absolute atomic E-state index is 12.8. The minimum atomic E-state index is -4.34. The van der Waals surface area contributed by atoms with Crippen LogP contribution in [0.1, 0.15) is 43.2 Å². The van der Waals surface area contributed by atoms with Crippen molar-refractivity contribution in [2.75, 3.05) is 13.1 Å². The first-order chi connectivity index (χ1) is 12.2. The molecule has 1 unspecified atom stereocenters.